The van der Waals surface area contributed by atoms with Crippen molar-refractivity contribution in [2.24, 2.45) is 0 Å². The molecule has 5 rings (SSSR count). The first-order valence-corrected chi connectivity index (χ1v) is 12.4. The zero-order valence-corrected chi connectivity index (χ0v) is 21.2. The Morgan fingerprint density at radius 3 is 2.59 bits per heavy atom. The molecule has 2 aromatic heterocycles. The average molecular weight is 531 g/mol. The lowest BCUT2D eigenvalue weighted by Gasteiger charge is -2.33. The summed E-state index contributed by atoms with van der Waals surface area (Å²) in [5, 5.41) is 4.45. The fourth-order valence-corrected chi connectivity index (χ4v) is 4.40. The Labute approximate surface area is 223 Å². The standard InChI is InChI=1S/C29H25F3N6O/c1-37-10-12-38(13-11-37)18-23-7-6-20(14-26(23)29(30,31)32)28(39)36-27-15-24(34-19-35-27)9-8-22-17-33-16-21-4-2-3-5-25(21)22/h2-7,14-17,19H,10-13,18H2,1H3,(H,34,35,36,39). The number of rotatable bonds is 4. The van der Waals surface area contributed by atoms with Gasteiger partial charge in [-0.25, -0.2) is 9.97 Å². The van der Waals surface area contributed by atoms with Gasteiger partial charge in [-0.1, -0.05) is 36.3 Å². The summed E-state index contributed by atoms with van der Waals surface area (Å²) < 4.78 is 41.7. The highest BCUT2D eigenvalue weighted by Gasteiger charge is 2.34. The van der Waals surface area contributed by atoms with Crippen LogP contribution in [0.15, 0.2) is 67.3 Å². The number of hydrogen-bond donors (Lipinski definition) is 1. The number of fused-ring (bicyclic) bond motifs is 1. The van der Waals surface area contributed by atoms with Crippen molar-refractivity contribution >= 4 is 22.5 Å². The first-order chi connectivity index (χ1) is 18.8. The number of amides is 1. The van der Waals surface area contributed by atoms with E-state index in [1.54, 1.807) is 12.4 Å². The lowest BCUT2D eigenvalue weighted by atomic mass is 10.0. The van der Waals surface area contributed by atoms with Crippen molar-refractivity contribution in [3.8, 4) is 11.8 Å². The van der Waals surface area contributed by atoms with Crippen molar-refractivity contribution in [3.05, 3.63) is 95.2 Å². The maximum absolute atomic E-state index is 13.9. The summed E-state index contributed by atoms with van der Waals surface area (Å²) in [4.78, 5) is 29.3. The number of benzene rings is 2. The molecule has 10 heteroatoms. The molecule has 198 valence electrons. The maximum atomic E-state index is 13.9. The van der Waals surface area contributed by atoms with E-state index in [0.29, 0.717) is 24.3 Å². The number of hydrogen-bond acceptors (Lipinski definition) is 6. The third kappa shape index (κ3) is 6.39. The van der Waals surface area contributed by atoms with Gasteiger partial charge >= 0.3 is 6.18 Å². The molecule has 4 aromatic rings. The number of halogens is 3. The van der Waals surface area contributed by atoms with Gasteiger partial charge in [-0.15, -0.1) is 0 Å². The van der Waals surface area contributed by atoms with E-state index in [2.05, 4.69) is 37.0 Å². The van der Waals surface area contributed by atoms with Gasteiger partial charge in [-0.3, -0.25) is 14.7 Å². The molecule has 2 aromatic carbocycles. The highest BCUT2D eigenvalue weighted by molar-refractivity contribution is 6.04. The number of piperazine rings is 1. The summed E-state index contributed by atoms with van der Waals surface area (Å²) in [6, 6.07) is 12.9. The van der Waals surface area contributed by atoms with Crippen LogP contribution in [-0.2, 0) is 12.7 Å². The van der Waals surface area contributed by atoms with Crippen molar-refractivity contribution in [1.29, 1.82) is 0 Å². The molecule has 0 saturated carbocycles. The number of anilines is 1. The number of pyridine rings is 1. The molecular formula is C29H25F3N6O. The molecule has 0 radical (unpaired) electrons. The number of aromatic nitrogens is 3. The fourth-order valence-electron chi connectivity index (χ4n) is 4.40. The number of carbonyl (C=O) groups is 1. The van der Waals surface area contributed by atoms with Crippen LogP contribution in [0.4, 0.5) is 19.0 Å². The van der Waals surface area contributed by atoms with Crippen LogP contribution < -0.4 is 5.32 Å². The molecule has 1 amide bonds. The van der Waals surface area contributed by atoms with E-state index in [1.807, 2.05) is 36.2 Å². The normalized spacial score (nSPS) is 14.6. The minimum absolute atomic E-state index is 0.113. The van der Waals surface area contributed by atoms with Crippen molar-refractivity contribution in [1.82, 2.24) is 24.8 Å². The Hall–Kier alpha value is -4.33. The Balaban J connectivity index is 1.33. The van der Waals surface area contributed by atoms with E-state index in [-0.39, 0.29) is 23.5 Å². The molecule has 1 aliphatic rings. The van der Waals surface area contributed by atoms with E-state index < -0.39 is 17.6 Å². The molecule has 1 fully saturated rings. The van der Waals surface area contributed by atoms with E-state index in [0.717, 1.165) is 29.9 Å². The smallest absolute Gasteiger partial charge is 0.306 e. The van der Waals surface area contributed by atoms with Crippen molar-refractivity contribution in [3.63, 3.8) is 0 Å². The Kier molecular flexibility index (Phi) is 7.54. The van der Waals surface area contributed by atoms with Gasteiger partial charge < -0.3 is 10.2 Å². The summed E-state index contributed by atoms with van der Waals surface area (Å²) in [5.74, 6) is 5.39. The van der Waals surface area contributed by atoms with Gasteiger partial charge in [-0.2, -0.15) is 13.2 Å². The lowest BCUT2D eigenvalue weighted by Crippen LogP contribution is -2.44. The Morgan fingerprint density at radius 2 is 1.79 bits per heavy atom. The molecule has 0 unspecified atom stereocenters. The molecule has 3 heterocycles. The van der Waals surface area contributed by atoms with Crippen LogP contribution in [0, 0.1) is 11.8 Å². The van der Waals surface area contributed by atoms with E-state index in [1.165, 1.54) is 24.5 Å². The fraction of sp³-hybridized carbons (Fsp3) is 0.241. The van der Waals surface area contributed by atoms with E-state index in [9.17, 15) is 18.0 Å². The highest BCUT2D eigenvalue weighted by Crippen LogP contribution is 2.33. The van der Waals surface area contributed by atoms with Crippen molar-refractivity contribution in [2.45, 2.75) is 12.7 Å². The number of nitrogens with one attached hydrogen (secondary N) is 1. The zero-order chi connectivity index (χ0) is 27.4. The van der Waals surface area contributed by atoms with E-state index >= 15 is 0 Å². The molecule has 1 N–H and O–H groups in total. The van der Waals surface area contributed by atoms with E-state index in [4.69, 9.17) is 0 Å². The molecule has 0 aliphatic carbocycles. The van der Waals surface area contributed by atoms with Crippen LogP contribution in [0.25, 0.3) is 10.8 Å². The summed E-state index contributed by atoms with van der Waals surface area (Å²) in [6.07, 6.45) is 0.0560. The molecule has 7 nitrogen and oxygen atoms in total. The van der Waals surface area contributed by atoms with Crippen molar-refractivity contribution in [2.75, 3.05) is 38.5 Å². The van der Waals surface area contributed by atoms with Crippen LogP contribution in [0.5, 0.6) is 0 Å². The quantitative estimate of drug-likeness (QED) is 0.394. The van der Waals surface area contributed by atoms with Gasteiger partial charge in [-0.05, 0) is 30.7 Å². The van der Waals surface area contributed by atoms with Gasteiger partial charge in [0.25, 0.3) is 5.91 Å². The monoisotopic (exact) mass is 530 g/mol. The number of likely N-dealkylation sites (N-methyl/N-ethyl adjacent to an activating group) is 1. The summed E-state index contributed by atoms with van der Waals surface area (Å²) in [6.45, 7) is 3.14. The zero-order valence-electron chi connectivity index (χ0n) is 21.2. The second-order valence-electron chi connectivity index (χ2n) is 9.35. The van der Waals surface area contributed by atoms with Gasteiger partial charge in [0.1, 0.15) is 17.8 Å². The first-order valence-electron chi connectivity index (χ1n) is 12.4. The maximum Gasteiger partial charge on any atom is 0.416 e. The topological polar surface area (TPSA) is 74.2 Å². The summed E-state index contributed by atoms with van der Waals surface area (Å²) in [5.41, 5.74) is 0.274. The molecule has 39 heavy (non-hydrogen) atoms. The minimum Gasteiger partial charge on any atom is -0.306 e. The lowest BCUT2D eigenvalue weighted by molar-refractivity contribution is -0.138. The second kappa shape index (κ2) is 11.2. The highest BCUT2D eigenvalue weighted by atomic mass is 19.4. The number of alkyl halides is 3. The molecule has 0 spiro atoms. The summed E-state index contributed by atoms with van der Waals surface area (Å²) in [7, 11) is 1.99. The average Bonchev–Trinajstić information content (AvgIpc) is 2.93. The Bertz CT molecular complexity index is 1560. The Morgan fingerprint density at radius 1 is 1.00 bits per heavy atom. The summed E-state index contributed by atoms with van der Waals surface area (Å²) >= 11 is 0. The molecule has 0 atom stereocenters. The predicted octanol–water partition coefficient (Wildman–Crippen LogP) is 4.44. The SMILES string of the molecule is CN1CCN(Cc2ccc(C(=O)Nc3cc(C#Cc4cncc5ccccc45)ncn3)cc2C(F)(F)F)CC1. The third-order valence-corrected chi connectivity index (χ3v) is 6.57. The third-order valence-electron chi connectivity index (χ3n) is 6.57. The molecule has 0 bridgehead atoms. The molecular weight excluding hydrogens is 505 g/mol. The predicted molar refractivity (Wildman–Crippen MR) is 142 cm³/mol. The van der Waals surface area contributed by atoms with Crippen LogP contribution in [-0.4, -0.2) is 63.9 Å². The second-order valence-corrected chi connectivity index (χ2v) is 9.35. The van der Waals surface area contributed by atoms with Crippen LogP contribution in [0.3, 0.4) is 0 Å². The van der Waals surface area contributed by atoms with Gasteiger partial charge in [0, 0.05) is 67.5 Å². The van der Waals surface area contributed by atoms with Crippen LogP contribution in [0.1, 0.15) is 32.7 Å². The largest absolute Gasteiger partial charge is 0.416 e. The van der Waals surface area contributed by atoms with Crippen LogP contribution >= 0.6 is 0 Å². The minimum atomic E-state index is -4.59. The molecule has 1 saturated heterocycles. The van der Waals surface area contributed by atoms with Crippen molar-refractivity contribution < 1.29 is 18.0 Å². The number of nitrogens with zero attached hydrogens (tertiary/aromatic N) is 5. The number of carbonyl (C=O) groups excluding carboxylic acids is 1. The molecule has 1 aliphatic heterocycles. The van der Waals surface area contributed by atoms with Crippen LogP contribution in [0.2, 0.25) is 0 Å². The van der Waals surface area contributed by atoms with Gasteiger partial charge in [0.05, 0.1) is 11.1 Å². The first kappa shape index (κ1) is 26.3. The van der Waals surface area contributed by atoms with Gasteiger partial charge in [0.15, 0.2) is 0 Å². The van der Waals surface area contributed by atoms with Gasteiger partial charge in [0.2, 0.25) is 0 Å².